The lowest BCUT2D eigenvalue weighted by Gasteiger charge is -2.12. The molecular formula is C24H18N4O3. The van der Waals surface area contributed by atoms with E-state index in [2.05, 4.69) is 15.4 Å². The first-order valence-corrected chi connectivity index (χ1v) is 9.74. The molecule has 3 aromatic carbocycles. The van der Waals surface area contributed by atoms with Gasteiger partial charge in [0.25, 0.3) is 11.5 Å². The zero-order valence-corrected chi connectivity index (χ0v) is 16.6. The number of hydrogen-bond donors (Lipinski definition) is 2. The van der Waals surface area contributed by atoms with Crippen molar-refractivity contribution in [3.63, 3.8) is 0 Å². The van der Waals surface area contributed by atoms with E-state index in [1.54, 1.807) is 34.8 Å². The molecule has 7 nitrogen and oxygen atoms in total. The Hall–Kier alpha value is -4.39. The van der Waals surface area contributed by atoms with Gasteiger partial charge in [-0.1, -0.05) is 36.4 Å². The number of benzene rings is 3. The molecule has 0 atom stereocenters. The first-order valence-electron chi connectivity index (χ1n) is 9.74. The van der Waals surface area contributed by atoms with Crippen molar-refractivity contribution in [3.8, 4) is 11.5 Å². The molecule has 2 aromatic heterocycles. The molecule has 0 fully saturated rings. The molecule has 0 aliphatic heterocycles. The van der Waals surface area contributed by atoms with Crippen LogP contribution in [0.5, 0.6) is 11.5 Å². The van der Waals surface area contributed by atoms with E-state index >= 15 is 0 Å². The monoisotopic (exact) mass is 410 g/mol. The van der Waals surface area contributed by atoms with E-state index in [0.29, 0.717) is 33.7 Å². The zero-order valence-electron chi connectivity index (χ0n) is 16.6. The highest BCUT2D eigenvalue weighted by Gasteiger charge is 2.18. The third-order valence-electron chi connectivity index (χ3n) is 4.98. The molecule has 0 unspecified atom stereocenters. The van der Waals surface area contributed by atoms with Crippen LogP contribution in [0.1, 0.15) is 15.9 Å². The number of nitrogens with zero attached hydrogens (tertiary/aromatic N) is 2. The number of aryl methyl sites for hydroxylation is 1. The maximum Gasteiger partial charge on any atom is 0.261 e. The Morgan fingerprint density at radius 3 is 2.71 bits per heavy atom. The maximum absolute atomic E-state index is 13.1. The van der Waals surface area contributed by atoms with Gasteiger partial charge in [0.05, 0.1) is 22.8 Å². The minimum Gasteiger partial charge on any atom is -0.455 e. The normalized spacial score (nSPS) is 11.0. The molecule has 0 saturated heterocycles. The predicted octanol–water partition coefficient (Wildman–Crippen LogP) is 4.53. The van der Waals surface area contributed by atoms with Crippen LogP contribution in [-0.2, 0) is 0 Å². The average Bonchev–Trinajstić information content (AvgIpc) is 3.19. The van der Waals surface area contributed by atoms with Gasteiger partial charge in [-0.3, -0.25) is 9.59 Å². The smallest absolute Gasteiger partial charge is 0.261 e. The van der Waals surface area contributed by atoms with Gasteiger partial charge in [-0.15, -0.1) is 0 Å². The number of H-pyrrole nitrogens is 1. The summed E-state index contributed by atoms with van der Waals surface area (Å²) in [5, 5.41) is 7.67. The van der Waals surface area contributed by atoms with Gasteiger partial charge in [-0.25, -0.2) is 4.52 Å². The number of aromatic nitrogens is 3. The van der Waals surface area contributed by atoms with Gasteiger partial charge in [-0.2, -0.15) is 5.10 Å². The molecule has 7 heteroatoms. The highest BCUT2D eigenvalue weighted by molar-refractivity contribution is 6.09. The summed E-state index contributed by atoms with van der Waals surface area (Å²) in [6.07, 6.45) is 1.44. The van der Waals surface area contributed by atoms with Crippen LogP contribution < -0.4 is 15.6 Å². The lowest BCUT2D eigenvalue weighted by atomic mass is 10.2. The van der Waals surface area contributed by atoms with Crippen LogP contribution in [0.15, 0.2) is 83.8 Å². The van der Waals surface area contributed by atoms with E-state index < -0.39 is 5.91 Å². The molecular weight excluding hydrogens is 392 g/mol. The van der Waals surface area contributed by atoms with Crippen LogP contribution in [0.2, 0.25) is 0 Å². The second kappa shape index (κ2) is 7.46. The van der Waals surface area contributed by atoms with Crippen molar-refractivity contribution in [1.82, 2.24) is 14.6 Å². The van der Waals surface area contributed by atoms with Crippen molar-refractivity contribution in [2.45, 2.75) is 6.92 Å². The van der Waals surface area contributed by atoms with Crippen molar-refractivity contribution in [3.05, 3.63) is 100 Å². The number of ether oxygens (including phenoxy) is 1. The molecule has 0 aliphatic rings. The summed E-state index contributed by atoms with van der Waals surface area (Å²) < 4.78 is 7.54. The Morgan fingerprint density at radius 1 is 1.03 bits per heavy atom. The van der Waals surface area contributed by atoms with E-state index in [4.69, 9.17) is 4.74 Å². The molecule has 1 amide bonds. The number of amides is 1. The van der Waals surface area contributed by atoms with Crippen molar-refractivity contribution in [1.29, 1.82) is 0 Å². The number of anilines is 1. The Morgan fingerprint density at radius 2 is 1.84 bits per heavy atom. The quantitative estimate of drug-likeness (QED) is 0.456. The molecule has 0 saturated carbocycles. The van der Waals surface area contributed by atoms with Crippen LogP contribution >= 0.6 is 0 Å². The van der Waals surface area contributed by atoms with Crippen molar-refractivity contribution < 1.29 is 9.53 Å². The summed E-state index contributed by atoms with van der Waals surface area (Å²) in [6.45, 7) is 1.98. The van der Waals surface area contributed by atoms with E-state index in [1.165, 1.54) is 6.20 Å². The van der Waals surface area contributed by atoms with Crippen LogP contribution in [0, 0.1) is 6.92 Å². The van der Waals surface area contributed by atoms with Gasteiger partial charge in [0.2, 0.25) is 0 Å². The SMILES string of the molecule is Cc1cccc(Oc2ccccc2NC(=O)c2cnn3c2[nH]c(=O)c2ccccc23)c1. The number of para-hydroxylation sites is 3. The van der Waals surface area contributed by atoms with E-state index in [-0.39, 0.29) is 11.1 Å². The average molecular weight is 410 g/mol. The van der Waals surface area contributed by atoms with Crippen LogP contribution in [-0.4, -0.2) is 20.5 Å². The standard InChI is InChI=1S/C24H18N4O3/c1-15-7-6-8-16(13-15)31-21-12-5-3-10-19(21)26-24(30)18-14-25-28-20-11-4-2-9-17(20)23(29)27-22(18)28/h2-14H,1H3,(H,26,30)(H,27,29). The van der Waals surface area contributed by atoms with Crippen molar-refractivity contribution in [2.24, 2.45) is 0 Å². The molecule has 0 bridgehead atoms. The summed E-state index contributed by atoms with van der Waals surface area (Å²) in [7, 11) is 0. The highest BCUT2D eigenvalue weighted by Crippen LogP contribution is 2.30. The number of nitrogens with one attached hydrogen (secondary N) is 2. The maximum atomic E-state index is 13.1. The van der Waals surface area contributed by atoms with Crippen molar-refractivity contribution in [2.75, 3.05) is 5.32 Å². The second-order valence-electron chi connectivity index (χ2n) is 7.16. The fourth-order valence-corrected chi connectivity index (χ4v) is 3.50. The summed E-state index contributed by atoms with van der Waals surface area (Å²) in [6, 6.07) is 22.0. The highest BCUT2D eigenvalue weighted by atomic mass is 16.5. The molecule has 0 spiro atoms. The number of hydrogen-bond acceptors (Lipinski definition) is 4. The first kappa shape index (κ1) is 18.6. The Kier molecular flexibility index (Phi) is 4.48. The molecule has 2 N–H and O–H groups in total. The summed E-state index contributed by atoms with van der Waals surface area (Å²) in [5.41, 5.74) is 2.52. The minimum absolute atomic E-state index is 0.258. The largest absolute Gasteiger partial charge is 0.455 e. The fourth-order valence-electron chi connectivity index (χ4n) is 3.50. The third kappa shape index (κ3) is 3.42. The molecule has 2 heterocycles. The Labute approximate surface area is 176 Å². The first-order chi connectivity index (χ1) is 15.1. The van der Waals surface area contributed by atoms with Gasteiger partial charge in [0, 0.05) is 0 Å². The van der Waals surface area contributed by atoms with E-state index in [1.807, 2.05) is 49.4 Å². The Balaban J connectivity index is 1.50. The zero-order chi connectivity index (χ0) is 21.4. The Bertz CT molecular complexity index is 1500. The molecule has 5 aromatic rings. The summed E-state index contributed by atoms with van der Waals surface area (Å²) in [5.74, 6) is 0.784. The number of carbonyl (C=O) groups is 1. The van der Waals surface area contributed by atoms with E-state index in [0.717, 1.165) is 5.56 Å². The van der Waals surface area contributed by atoms with Gasteiger partial charge < -0.3 is 15.0 Å². The lowest BCUT2D eigenvalue weighted by molar-refractivity contribution is 0.102. The molecule has 31 heavy (non-hydrogen) atoms. The van der Waals surface area contributed by atoms with E-state index in [9.17, 15) is 9.59 Å². The molecule has 0 aliphatic carbocycles. The van der Waals surface area contributed by atoms with Gasteiger partial charge >= 0.3 is 0 Å². The number of rotatable bonds is 4. The minimum atomic E-state index is -0.402. The van der Waals surface area contributed by atoms with Gasteiger partial charge in [-0.05, 0) is 48.9 Å². The molecule has 152 valence electrons. The predicted molar refractivity (Wildman–Crippen MR) is 119 cm³/mol. The van der Waals surface area contributed by atoms with Gasteiger partial charge in [0.1, 0.15) is 17.0 Å². The summed E-state index contributed by atoms with van der Waals surface area (Å²) in [4.78, 5) is 28.3. The second-order valence-corrected chi connectivity index (χ2v) is 7.16. The van der Waals surface area contributed by atoms with Crippen LogP contribution in [0.4, 0.5) is 5.69 Å². The number of carbonyl (C=O) groups excluding carboxylic acids is 1. The fraction of sp³-hybridized carbons (Fsp3) is 0.0417. The molecule has 5 rings (SSSR count). The number of aromatic amines is 1. The lowest BCUT2D eigenvalue weighted by Crippen LogP contribution is -2.15. The van der Waals surface area contributed by atoms with Crippen molar-refractivity contribution >= 4 is 28.1 Å². The van der Waals surface area contributed by atoms with Crippen LogP contribution in [0.3, 0.4) is 0 Å². The number of fused-ring (bicyclic) bond motifs is 3. The third-order valence-corrected chi connectivity index (χ3v) is 4.98. The topological polar surface area (TPSA) is 88.5 Å². The van der Waals surface area contributed by atoms with Gasteiger partial charge in [0.15, 0.2) is 5.75 Å². The van der Waals surface area contributed by atoms with Crippen LogP contribution in [0.25, 0.3) is 16.6 Å². The molecule has 0 radical (unpaired) electrons. The summed E-state index contributed by atoms with van der Waals surface area (Å²) >= 11 is 0.